The van der Waals surface area contributed by atoms with Crippen molar-refractivity contribution < 1.29 is 9.53 Å². The molecule has 2 aromatic heterocycles. The zero-order valence-electron chi connectivity index (χ0n) is 26.3. The van der Waals surface area contributed by atoms with E-state index in [1.165, 1.54) is 12.8 Å². The molecule has 1 aliphatic carbocycles. The van der Waals surface area contributed by atoms with Crippen LogP contribution >= 0.6 is 0 Å². The minimum absolute atomic E-state index is 0.114. The highest BCUT2D eigenvalue weighted by Crippen LogP contribution is 2.43. The average molecular weight is 585 g/mol. The Hall–Kier alpha value is -3.92. The quantitative estimate of drug-likeness (QED) is 0.397. The largest absolute Gasteiger partial charge is 0.477 e. The van der Waals surface area contributed by atoms with Gasteiger partial charge in [-0.05, 0) is 94.3 Å². The highest BCUT2D eigenvalue weighted by atomic mass is 16.5. The lowest BCUT2D eigenvalue weighted by atomic mass is 9.93. The molecule has 3 aliphatic rings. The molecule has 1 amide bonds. The van der Waals surface area contributed by atoms with Crippen LogP contribution in [-0.2, 0) is 7.05 Å². The molecule has 4 heterocycles. The van der Waals surface area contributed by atoms with Gasteiger partial charge in [-0.25, -0.2) is 4.68 Å². The zero-order valence-corrected chi connectivity index (χ0v) is 26.3. The third kappa shape index (κ3) is 6.54. The Morgan fingerprint density at radius 2 is 1.95 bits per heavy atom. The number of carbonyl (C=O) groups is 1. The van der Waals surface area contributed by atoms with Gasteiger partial charge in [-0.2, -0.15) is 10.1 Å². The van der Waals surface area contributed by atoms with E-state index in [0.29, 0.717) is 41.5 Å². The number of anilines is 3. The van der Waals surface area contributed by atoms with Crippen LogP contribution in [0.3, 0.4) is 0 Å². The van der Waals surface area contributed by atoms with Crippen molar-refractivity contribution in [3.05, 3.63) is 47.8 Å². The summed E-state index contributed by atoms with van der Waals surface area (Å²) in [4.78, 5) is 27.6. The van der Waals surface area contributed by atoms with Crippen molar-refractivity contribution in [2.24, 2.45) is 29.3 Å². The smallest absolute Gasteiger partial charge is 0.280 e. The number of hydrogen-bond acceptors (Lipinski definition) is 8. The predicted octanol–water partition coefficient (Wildman–Crippen LogP) is 5.42. The first kappa shape index (κ1) is 29.2. The molecule has 2 bridgehead atoms. The number of amides is 1. The van der Waals surface area contributed by atoms with Gasteiger partial charge in [0.2, 0.25) is 11.8 Å². The van der Waals surface area contributed by atoms with Gasteiger partial charge < -0.3 is 25.2 Å². The number of fused-ring (bicyclic) bond motifs is 7. The SMILES string of the molecule is Cc1cc2cc(n1)-c1cnn(C)c1OCCC[C@@H](C1CC1)CN1/C(=N/C2=O)Nc2cc(NCC(C)(C)CN(C)C)ccc21. The van der Waals surface area contributed by atoms with E-state index in [-0.39, 0.29) is 11.3 Å². The lowest BCUT2D eigenvalue weighted by Gasteiger charge is -2.29. The fourth-order valence-corrected chi connectivity index (χ4v) is 6.47. The van der Waals surface area contributed by atoms with Crippen molar-refractivity contribution in [2.75, 3.05) is 55.9 Å². The maximum Gasteiger partial charge on any atom is 0.280 e. The van der Waals surface area contributed by atoms with Gasteiger partial charge in [0.1, 0.15) is 0 Å². The molecule has 228 valence electrons. The molecule has 1 atom stereocenters. The number of hydrogen-bond donors (Lipinski definition) is 2. The molecule has 10 nitrogen and oxygen atoms in total. The second kappa shape index (κ2) is 11.6. The number of guanidine groups is 1. The van der Waals surface area contributed by atoms with Gasteiger partial charge in [0.15, 0.2) is 0 Å². The number of nitrogens with zero attached hydrogens (tertiary/aromatic N) is 6. The summed E-state index contributed by atoms with van der Waals surface area (Å²) in [5.74, 6) is 2.11. The van der Waals surface area contributed by atoms with Crippen LogP contribution < -0.4 is 20.3 Å². The van der Waals surface area contributed by atoms with Crippen molar-refractivity contribution in [3.63, 3.8) is 0 Å². The Morgan fingerprint density at radius 1 is 1.14 bits per heavy atom. The molecule has 1 aromatic carbocycles. The van der Waals surface area contributed by atoms with Crippen LogP contribution in [0.2, 0.25) is 0 Å². The van der Waals surface area contributed by atoms with Gasteiger partial charge in [0.25, 0.3) is 5.91 Å². The molecule has 6 rings (SSSR count). The molecule has 43 heavy (non-hydrogen) atoms. The Bertz CT molecular complexity index is 1540. The maximum atomic E-state index is 13.7. The Morgan fingerprint density at radius 3 is 2.72 bits per heavy atom. The summed E-state index contributed by atoms with van der Waals surface area (Å²) < 4.78 is 8.02. The van der Waals surface area contributed by atoms with Crippen molar-refractivity contribution in [2.45, 2.75) is 46.5 Å². The molecule has 1 fully saturated rings. The number of ether oxygens (including phenoxy) is 1. The van der Waals surface area contributed by atoms with E-state index >= 15 is 0 Å². The molecule has 0 radical (unpaired) electrons. The summed E-state index contributed by atoms with van der Waals surface area (Å²) in [5.41, 5.74) is 5.85. The topological polar surface area (TPSA) is 99.9 Å². The third-order valence-electron chi connectivity index (χ3n) is 8.54. The monoisotopic (exact) mass is 584 g/mol. The Kier molecular flexibility index (Phi) is 7.89. The summed E-state index contributed by atoms with van der Waals surface area (Å²) in [6.45, 7) is 9.67. The number of benzene rings is 1. The van der Waals surface area contributed by atoms with E-state index in [0.717, 1.165) is 60.8 Å². The second-order valence-electron chi connectivity index (χ2n) is 13.4. The van der Waals surface area contributed by atoms with E-state index < -0.39 is 0 Å². The van der Waals surface area contributed by atoms with Crippen LogP contribution in [-0.4, -0.2) is 71.9 Å². The maximum absolute atomic E-state index is 13.7. The van der Waals surface area contributed by atoms with Crippen molar-refractivity contribution in [1.82, 2.24) is 19.7 Å². The average Bonchev–Trinajstić information content (AvgIpc) is 3.65. The number of aromatic nitrogens is 3. The molecule has 2 aliphatic heterocycles. The first-order valence-electron chi connectivity index (χ1n) is 15.4. The highest BCUT2D eigenvalue weighted by molar-refractivity contribution is 6.19. The van der Waals surface area contributed by atoms with E-state index in [4.69, 9.17) is 9.72 Å². The predicted molar refractivity (Wildman–Crippen MR) is 172 cm³/mol. The summed E-state index contributed by atoms with van der Waals surface area (Å²) in [6, 6.07) is 10.0. The van der Waals surface area contributed by atoms with Crippen LogP contribution in [0.25, 0.3) is 11.3 Å². The van der Waals surface area contributed by atoms with Crippen molar-refractivity contribution in [1.29, 1.82) is 0 Å². The van der Waals surface area contributed by atoms with E-state index in [2.05, 4.69) is 76.7 Å². The van der Waals surface area contributed by atoms with E-state index in [9.17, 15) is 4.79 Å². The lowest BCUT2D eigenvalue weighted by Crippen LogP contribution is -2.36. The zero-order chi connectivity index (χ0) is 30.3. The van der Waals surface area contributed by atoms with Crippen LogP contribution in [0.5, 0.6) is 5.88 Å². The molecule has 0 spiro atoms. The summed E-state index contributed by atoms with van der Waals surface area (Å²) in [6.07, 6.45) is 6.23. The normalized spacial score (nSPS) is 20.2. The van der Waals surface area contributed by atoms with Crippen LogP contribution in [0, 0.1) is 24.2 Å². The number of carbonyl (C=O) groups excluding carboxylic acids is 1. The fourth-order valence-electron chi connectivity index (χ4n) is 6.47. The molecule has 3 aromatic rings. The highest BCUT2D eigenvalue weighted by Gasteiger charge is 2.36. The molecule has 0 unspecified atom stereocenters. The molecular formula is C33H44N8O2. The molecular weight excluding hydrogens is 540 g/mol. The number of nitrogens with one attached hydrogen (secondary N) is 2. The van der Waals surface area contributed by atoms with Crippen LogP contribution in [0.1, 0.15) is 55.6 Å². The lowest BCUT2D eigenvalue weighted by molar-refractivity contribution is 0.100. The molecule has 0 saturated heterocycles. The first-order valence-corrected chi connectivity index (χ1v) is 15.4. The van der Waals surface area contributed by atoms with Crippen LogP contribution in [0.4, 0.5) is 17.1 Å². The second-order valence-corrected chi connectivity index (χ2v) is 13.4. The molecule has 1 saturated carbocycles. The Labute approximate surface area is 254 Å². The number of aliphatic imine (C=N–C) groups is 1. The summed E-state index contributed by atoms with van der Waals surface area (Å²) in [5, 5.41) is 11.6. The van der Waals surface area contributed by atoms with Gasteiger partial charge in [-0.3, -0.25) is 9.78 Å². The number of aryl methyl sites for hydroxylation is 2. The van der Waals surface area contributed by atoms with Gasteiger partial charge >= 0.3 is 0 Å². The van der Waals surface area contributed by atoms with E-state index in [1.54, 1.807) is 23.0 Å². The van der Waals surface area contributed by atoms with Gasteiger partial charge in [0.05, 0.1) is 35.4 Å². The third-order valence-corrected chi connectivity index (χ3v) is 8.54. The summed E-state index contributed by atoms with van der Waals surface area (Å²) in [7, 11) is 6.09. The van der Waals surface area contributed by atoms with Gasteiger partial charge in [-0.15, -0.1) is 0 Å². The fraction of sp³-hybridized carbons (Fsp3) is 0.515. The molecule has 10 heteroatoms. The number of rotatable bonds is 6. The minimum atomic E-state index is -0.306. The van der Waals surface area contributed by atoms with E-state index in [1.807, 2.05) is 14.0 Å². The number of pyridine rings is 1. The van der Waals surface area contributed by atoms with Gasteiger partial charge in [-0.1, -0.05) is 13.8 Å². The molecule has 2 N–H and O–H groups in total. The van der Waals surface area contributed by atoms with Gasteiger partial charge in [0, 0.05) is 43.6 Å². The minimum Gasteiger partial charge on any atom is -0.477 e. The standard InChI is InChI=1S/C33H44N8O2/c1-21-14-24-15-27(36-21)26-17-35-40(6)31(26)43-13-7-8-23(22-9-10-22)18-41-29-12-11-25(34-19-33(2,3)20-39(4)5)16-28(29)37-32(41)38-30(24)42/h11-12,14-17,22-23,34H,7-10,13,18-20H2,1-6H3,(H,37,38,42)/t23-/m1/s1. The van der Waals surface area contributed by atoms with Crippen molar-refractivity contribution in [3.8, 4) is 17.1 Å². The Balaban J connectivity index is 1.34. The van der Waals surface area contributed by atoms with Crippen molar-refractivity contribution >= 4 is 28.9 Å². The summed E-state index contributed by atoms with van der Waals surface area (Å²) >= 11 is 0. The first-order chi connectivity index (χ1) is 20.6. The van der Waals surface area contributed by atoms with Crippen LogP contribution in [0.15, 0.2) is 41.5 Å².